The summed E-state index contributed by atoms with van der Waals surface area (Å²) in [6.45, 7) is 2.75. The Hall–Kier alpha value is -3.09. The van der Waals surface area contributed by atoms with Crippen LogP contribution in [-0.2, 0) is 16.1 Å². The third-order valence-electron chi connectivity index (χ3n) is 6.86. The Morgan fingerprint density at radius 3 is 2.44 bits per heavy atom. The van der Waals surface area contributed by atoms with Crippen LogP contribution in [0, 0.1) is 11.7 Å². The molecule has 1 saturated carbocycles. The summed E-state index contributed by atoms with van der Waals surface area (Å²) in [6.07, 6.45) is 3.95. The number of nitrogens with zero attached hydrogens (tertiary/aromatic N) is 2. The van der Waals surface area contributed by atoms with Crippen molar-refractivity contribution in [2.24, 2.45) is 5.92 Å². The lowest BCUT2D eigenvalue weighted by Gasteiger charge is -2.45. The topological polar surface area (TPSA) is 59.1 Å². The average molecular weight is 438 g/mol. The first kappa shape index (κ1) is 20.8. The van der Waals surface area contributed by atoms with Crippen molar-refractivity contribution < 1.29 is 23.5 Å². The van der Waals surface area contributed by atoms with Gasteiger partial charge in [-0.3, -0.25) is 9.59 Å². The zero-order chi connectivity index (χ0) is 22.2. The van der Waals surface area contributed by atoms with Crippen molar-refractivity contribution in [2.45, 2.75) is 51.2 Å². The molecule has 2 aliphatic heterocycles. The van der Waals surface area contributed by atoms with Gasteiger partial charge in [0.15, 0.2) is 11.5 Å². The summed E-state index contributed by atoms with van der Waals surface area (Å²) in [5, 5.41) is 0. The number of carbonyl (C=O) groups excluding carboxylic acids is 2. The Balaban J connectivity index is 1.45. The molecule has 0 unspecified atom stereocenters. The van der Waals surface area contributed by atoms with E-state index < -0.39 is 6.04 Å². The van der Waals surface area contributed by atoms with Crippen LogP contribution in [0.25, 0.3) is 0 Å². The van der Waals surface area contributed by atoms with Gasteiger partial charge in [-0.05, 0) is 67.0 Å². The second-order valence-corrected chi connectivity index (χ2v) is 9.04. The Kier molecular flexibility index (Phi) is 5.49. The van der Waals surface area contributed by atoms with Crippen LogP contribution in [0.15, 0.2) is 42.5 Å². The minimum Gasteiger partial charge on any atom is -0.454 e. The van der Waals surface area contributed by atoms with E-state index in [0.717, 1.165) is 31.2 Å². The van der Waals surface area contributed by atoms with E-state index in [1.54, 1.807) is 21.9 Å². The van der Waals surface area contributed by atoms with Gasteiger partial charge in [0.05, 0.1) is 0 Å². The fourth-order valence-corrected chi connectivity index (χ4v) is 5.00. The highest BCUT2D eigenvalue weighted by Crippen LogP contribution is 2.37. The predicted molar refractivity (Wildman–Crippen MR) is 115 cm³/mol. The van der Waals surface area contributed by atoms with E-state index in [0.29, 0.717) is 23.0 Å². The quantitative estimate of drug-likeness (QED) is 0.723. The molecule has 5 rings (SSSR count). The predicted octanol–water partition coefficient (Wildman–Crippen LogP) is 4.05. The van der Waals surface area contributed by atoms with E-state index in [1.165, 1.54) is 12.1 Å². The Labute approximate surface area is 186 Å². The van der Waals surface area contributed by atoms with Gasteiger partial charge >= 0.3 is 0 Å². The van der Waals surface area contributed by atoms with Gasteiger partial charge in [-0.15, -0.1) is 0 Å². The molecule has 2 amide bonds. The molecule has 0 bridgehead atoms. The summed E-state index contributed by atoms with van der Waals surface area (Å²) in [5.41, 5.74) is 1.47. The summed E-state index contributed by atoms with van der Waals surface area (Å²) in [4.78, 5) is 30.4. The van der Waals surface area contributed by atoms with Crippen molar-refractivity contribution in [2.75, 3.05) is 13.3 Å². The highest BCUT2D eigenvalue weighted by Gasteiger charge is 2.43. The lowest BCUT2D eigenvalue weighted by molar-refractivity contribution is -0.160. The van der Waals surface area contributed by atoms with Gasteiger partial charge in [-0.2, -0.15) is 0 Å². The summed E-state index contributed by atoms with van der Waals surface area (Å²) in [6, 6.07) is 10.7. The lowest BCUT2D eigenvalue weighted by Crippen LogP contribution is -2.58. The highest BCUT2D eigenvalue weighted by molar-refractivity contribution is 5.95. The molecule has 3 aliphatic rings. The molecular weight excluding hydrogens is 411 g/mol. The summed E-state index contributed by atoms with van der Waals surface area (Å²) in [7, 11) is 0. The summed E-state index contributed by atoms with van der Waals surface area (Å²) >= 11 is 0. The minimum absolute atomic E-state index is 0.0818. The molecule has 0 aromatic heterocycles. The van der Waals surface area contributed by atoms with Gasteiger partial charge in [-0.25, -0.2) is 4.39 Å². The molecule has 0 radical (unpaired) electrons. The van der Waals surface area contributed by atoms with Gasteiger partial charge in [-0.1, -0.05) is 25.1 Å². The Bertz CT molecular complexity index is 1020. The van der Waals surface area contributed by atoms with Crippen molar-refractivity contribution in [3.63, 3.8) is 0 Å². The normalized spacial score (nSPS) is 25.4. The molecule has 2 heterocycles. The van der Waals surface area contributed by atoms with E-state index >= 15 is 0 Å². The molecule has 1 atom stereocenters. The third kappa shape index (κ3) is 3.92. The first-order chi connectivity index (χ1) is 15.5. The smallest absolute Gasteiger partial charge is 0.250 e. The van der Waals surface area contributed by atoms with Crippen LogP contribution >= 0.6 is 0 Å². The molecule has 0 spiro atoms. The van der Waals surface area contributed by atoms with Gasteiger partial charge < -0.3 is 19.3 Å². The second kappa shape index (κ2) is 8.45. The minimum atomic E-state index is -0.776. The fourth-order valence-electron chi connectivity index (χ4n) is 5.00. The van der Waals surface area contributed by atoms with Crippen molar-refractivity contribution in [1.29, 1.82) is 0 Å². The maximum atomic E-state index is 13.7. The maximum Gasteiger partial charge on any atom is 0.250 e. The zero-order valence-corrected chi connectivity index (χ0v) is 18.1. The number of hydrogen-bond acceptors (Lipinski definition) is 4. The lowest BCUT2D eigenvalue weighted by atomic mass is 9.85. The van der Waals surface area contributed by atoms with Crippen molar-refractivity contribution in [1.82, 2.24) is 9.80 Å². The van der Waals surface area contributed by atoms with Crippen LogP contribution < -0.4 is 9.47 Å². The number of piperazine rings is 1. The van der Waals surface area contributed by atoms with E-state index in [4.69, 9.17) is 9.47 Å². The highest BCUT2D eigenvalue weighted by atomic mass is 19.1. The van der Waals surface area contributed by atoms with Crippen LogP contribution in [0.5, 0.6) is 11.5 Å². The van der Waals surface area contributed by atoms with Gasteiger partial charge in [0.2, 0.25) is 12.7 Å². The average Bonchev–Trinajstić information content (AvgIpc) is 3.26. The molecule has 1 aliphatic carbocycles. The van der Waals surface area contributed by atoms with E-state index in [1.807, 2.05) is 18.2 Å². The molecule has 1 saturated heterocycles. The summed E-state index contributed by atoms with van der Waals surface area (Å²) < 4.78 is 24.4. The van der Waals surface area contributed by atoms with E-state index in [-0.39, 0.29) is 43.6 Å². The molecule has 7 heteroatoms. The van der Waals surface area contributed by atoms with Crippen molar-refractivity contribution >= 4 is 11.8 Å². The first-order valence-electron chi connectivity index (χ1n) is 11.2. The van der Waals surface area contributed by atoms with Crippen molar-refractivity contribution in [3.05, 3.63) is 59.4 Å². The number of carbonyl (C=O) groups is 2. The number of hydrogen-bond donors (Lipinski definition) is 0. The molecule has 32 heavy (non-hydrogen) atoms. The molecule has 2 fully saturated rings. The fraction of sp³-hybridized carbons (Fsp3) is 0.440. The summed E-state index contributed by atoms with van der Waals surface area (Å²) in [5.74, 6) is 1.39. The molecule has 0 N–H and O–H groups in total. The molecule has 2 aromatic carbocycles. The number of benzene rings is 2. The van der Waals surface area contributed by atoms with Crippen LogP contribution in [0.4, 0.5) is 4.39 Å². The van der Waals surface area contributed by atoms with Crippen molar-refractivity contribution in [3.8, 4) is 11.5 Å². The largest absolute Gasteiger partial charge is 0.454 e. The van der Waals surface area contributed by atoms with E-state index in [2.05, 4.69) is 6.92 Å². The van der Waals surface area contributed by atoms with E-state index in [9.17, 15) is 14.0 Å². The molecule has 2 aromatic rings. The number of halogens is 1. The third-order valence-corrected chi connectivity index (χ3v) is 6.86. The van der Waals surface area contributed by atoms with Crippen LogP contribution in [0.3, 0.4) is 0 Å². The second-order valence-electron chi connectivity index (χ2n) is 9.04. The molecule has 168 valence electrons. The monoisotopic (exact) mass is 438 g/mol. The van der Waals surface area contributed by atoms with Crippen LogP contribution in [0.2, 0.25) is 0 Å². The van der Waals surface area contributed by atoms with Gasteiger partial charge in [0, 0.05) is 12.6 Å². The SMILES string of the molecule is CC1CCC(N2CC(=O)N(Cc3ccc4c(c3)OCO4)[C@H](c3ccc(F)cc3)C2=O)CC1. The van der Waals surface area contributed by atoms with Gasteiger partial charge in [0.1, 0.15) is 18.4 Å². The van der Waals surface area contributed by atoms with Crippen LogP contribution in [-0.4, -0.2) is 41.0 Å². The Morgan fingerprint density at radius 2 is 1.69 bits per heavy atom. The number of fused-ring (bicyclic) bond motifs is 1. The Morgan fingerprint density at radius 1 is 0.969 bits per heavy atom. The first-order valence-corrected chi connectivity index (χ1v) is 11.2. The standard InChI is InChI=1S/C25H27FN2O4/c1-16-2-9-20(10-3-16)27-14-23(29)28(13-17-4-11-21-22(12-17)32-15-31-21)24(25(27)30)18-5-7-19(26)8-6-18/h4-8,11-12,16,20,24H,2-3,9-10,13-15H2,1H3/t16?,20?,24-/m1/s1. The maximum absolute atomic E-state index is 13.7. The number of amides is 2. The molecular formula is C25H27FN2O4. The zero-order valence-electron chi connectivity index (χ0n) is 18.1. The molecule has 6 nitrogen and oxygen atoms in total. The van der Waals surface area contributed by atoms with Gasteiger partial charge in [0.25, 0.3) is 5.91 Å². The number of rotatable bonds is 4. The number of ether oxygens (including phenoxy) is 2. The van der Waals surface area contributed by atoms with Crippen LogP contribution in [0.1, 0.15) is 49.8 Å².